The molecule has 0 saturated carbocycles. The van der Waals surface area contributed by atoms with Gasteiger partial charge in [0.05, 0.1) is 6.10 Å². The number of hydrogen-bond donors (Lipinski definition) is 13. The van der Waals surface area contributed by atoms with Crippen molar-refractivity contribution in [1.29, 1.82) is 0 Å². The van der Waals surface area contributed by atoms with Crippen molar-refractivity contribution < 1.29 is 77.0 Å². The molecule has 0 unspecified atom stereocenters. The summed E-state index contributed by atoms with van der Waals surface area (Å²) in [6.07, 6.45) is 2.17. The minimum Gasteiger partial charge on any atom is -0.458 e. The lowest BCUT2D eigenvalue weighted by atomic mass is 9.95. The Labute approximate surface area is 619 Å². The fourth-order valence-corrected chi connectivity index (χ4v) is 12.8. The van der Waals surface area contributed by atoms with E-state index < -0.39 is 197 Å². The first-order chi connectivity index (χ1) is 49.4. The van der Waals surface area contributed by atoms with Crippen molar-refractivity contribution >= 4 is 82.8 Å². The highest BCUT2D eigenvalue weighted by atomic mass is 16.5. The van der Waals surface area contributed by atoms with Crippen LogP contribution in [0, 0.1) is 41.4 Å². The van der Waals surface area contributed by atoms with E-state index in [2.05, 4.69) is 72.3 Å². The minimum atomic E-state index is -1.82. The lowest BCUT2D eigenvalue weighted by Gasteiger charge is -2.34. The van der Waals surface area contributed by atoms with Crippen LogP contribution < -0.4 is 64.2 Å². The summed E-state index contributed by atoms with van der Waals surface area (Å²) in [5, 5.41) is 40.6. The van der Waals surface area contributed by atoms with E-state index in [4.69, 9.17) is 10.5 Å². The van der Waals surface area contributed by atoms with Gasteiger partial charge in [0.15, 0.2) is 0 Å². The Morgan fingerprint density at radius 2 is 1.16 bits per heavy atom. The highest BCUT2D eigenvalue weighted by Crippen LogP contribution is 2.25. The number of nitrogens with zero attached hydrogens (tertiary/aromatic N) is 2. The monoisotopic (exact) mass is 1470 g/mol. The van der Waals surface area contributed by atoms with Crippen LogP contribution in [0.4, 0.5) is 0 Å². The van der Waals surface area contributed by atoms with E-state index >= 15 is 9.59 Å². The molecule has 0 spiro atoms. The van der Waals surface area contributed by atoms with Crippen LogP contribution in [0.25, 0.3) is 0 Å². The first kappa shape index (κ1) is 88.9. The normalized spacial score (nSPS) is 23.7. The average molecular weight is 1480 g/mol. The van der Waals surface area contributed by atoms with Gasteiger partial charge in [-0.15, -0.1) is 0 Å². The van der Waals surface area contributed by atoms with E-state index in [1.807, 2.05) is 0 Å². The molecular weight excluding hydrogens is 1350 g/mol. The van der Waals surface area contributed by atoms with E-state index in [0.29, 0.717) is 50.1 Å². The van der Waals surface area contributed by atoms with Crippen LogP contribution in [-0.2, 0) is 78.3 Å². The van der Waals surface area contributed by atoms with Crippen LogP contribution in [-0.4, -0.2) is 202 Å². The molecule has 0 radical (unpaired) electrons. The zero-order valence-electron chi connectivity index (χ0n) is 64.7. The number of rotatable bonds is 31. The maximum absolute atomic E-state index is 15.0. The third-order valence-electron chi connectivity index (χ3n) is 19.9. The molecule has 1 aromatic rings. The third-order valence-corrected chi connectivity index (χ3v) is 19.9. The molecule has 3 aliphatic rings. The number of nitrogens with two attached hydrogens (primary N) is 1. The molecule has 4 rings (SSSR count). The van der Waals surface area contributed by atoms with Gasteiger partial charge in [-0.05, 0) is 119 Å². The summed E-state index contributed by atoms with van der Waals surface area (Å²) in [6, 6.07) is -7.38. The van der Waals surface area contributed by atoms with E-state index in [0.717, 1.165) is 6.42 Å². The summed E-state index contributed by atoms with van der Waals surface area (Å²) in [4.78, 5) is 204. The van der Waals surface area contributed by atoms with Crippen LogP contribution in [0.15, 0.2) is 42.1 Å². The highest BCUT2D eigenvalue weighted by Gasteiger charge is 2.45. The Kier molecular flexibility index (Phi) is 36.0. The number of aliphatic hydroxyl groups excluding tert-OH is 1. The quantitative estimate of drug-likeness (QED) is 0.0371. The number of aliphatic hydroxyl groups is 1. The highest BCUT2D eigenvalue weighted by molar-refractivity contribution is 6.03. The Bertz CT molecular complexity index is 3200. The van der Waals surface area contributed by atoms with Crippen molar-refractivity contribution in [3.8, 4) is 0 Å². The van der Waals surface area contributed by atoms with Gasteiger partial charge in [-0.3, -0.25) is 62.3 Å². The van der Waals surface area contributed by atoms with Crippen LogP contribution in [0.1, 0.15) is 194 Å². The van der Waals surface area contributed by atoms with Crippen molar-refractivity contribution in [3.05, 3.63) is 47.7 Å². The van der Waals surface area contributed by atoms with Crippen LogP contribution in [0.5, 0.6) is 0 Å². The number of benzene rings is 1. The third kappa shape index (κ3) is 25.9. The molecule has 16 atom stereocenters. The number of esters is 1. The lowest BCUT2D eigenvalue weighted by Crippen LogP contribution is -2.64. The first-order valence-corrected chi connectivity index (χ1v) is 37.7. The predicted octanol–water partition coefficient (Wildman–Crippen LogP) is 1.69. The number of nitrogens with one attached hydrogen (secondary N) is 11. The Morgan fingerprint density at radius 3 is 1.71 bits per heavy atom. The number of allylic oxidation sites excluding steroid dienone is 1. The molecule has 13 amide bonds. The summed E-state index contributed by atoms with van der Waals surface area (Å²) < 4.78 is 5.96. The predicted molar refractivity (Wildman–Crippen MR) is 393 cm³/mol. The number of hydrogen-bond acceptors (Lipinski definition) is 17. The van der Waals surface area contributed by atoms with Gasteiger partial charge in [-0.2, -0.15) is 0 Å². The molecule has 3 heterocycles. The summed E-state index contributed by atoms with van der Waals surface area (Å²) in [6.45, 7) is 28.8. The Morgan fingerprint density at radius 1 is 0.610 bits per heavy atom. The minimum absolute atomic E-state index is 0.0343. The van der Waals surface area contributed by atoms with Crippen LogP contribution in [0.3, 0.4) is 0 Å². The zero-order chi connectivity index (χ0) is 78.9. The molecular formula is C75H122N14O16. The number of carbonyl (C=O) groups is 14. The van der Waals surface area contributed by atoms with Gasteiger partial charge in [0.25, 0.3) is 5.91 Å². The largest absolute Gasteiger partial charge is 0.458 e. The molecule has 3 saturated heterocycles. The van der Waals surface area contributed by atoms with Crippen molar-refractivity contribution in [2.24, 2.45) is 47.2 Å². The zero-order valence-corrected chi connectivity index (χ0v) is 64.7. The second kappa shape index (κ2) is 42.6. The molecule has 3 fully saturated rings. The molecule has 30 nitrogen and oxygen atoms in total. The molecule has 588 valence electrons. The van der Waals surface area contributed by atoms with Gasteiger partial charge in [0.2, 0.25) is 70.9 Å². The van der Waals surface area contributed by atoms with Gasteiger partial charge in [-0.25, -0.2) is 4.79 Å². The Balaban J connectivity index is 1.62. The molecule has 105 heavy (non-hydrogen) atoms. The van der Waals surface area contributed by atoms with Crippen LogP contribution >= 0.6 is 0 Å². The average Bonchev–Trinajstić information content (AvgIpc) is 1.66. The number of likely N-dealkylation sites (tertiary alicyclic amines) is 2. The summed E-state index contributed by atoms with van der Waals surface area (Å²) >= 11 is 0. The van der Waals surface area contributed by atoms with Crippen LogP contribution in [0.2, 0.25) is 0 Å². The van der Waals surface area contributed by atoms with Gasteiger partial charge in [0.1, 0.15) is 84.3 Å². The number of ether oxygens (including phenoxy) is 1. The van der Waals surface area contributed by atoms with Crippen molar-refractivity contribution in [1.82, 2.24) is 68.3 Å². The second-order valence-corrected chi connectivity index (χ2v) is 30.1. The fourth-order valence-electron chi connectivity index (χ4n) is 12.8. The molecule has 0 aromatic heterocycles. The molecule has 0 bridgehead atoms. The SMILES string of the molecule is C/C=C1\NC(=O)[C@H](Cc2ccccc2)NC(=O)[C@@H](C(C)C)NC(=O)[C@@H]([C@H](C)CC)NC(=O)[C@H](NC(=O)[C@H](NC(=O)[C@H](CCCN)NC(=O)[C@H]2CCCN2C(=O)[C@H](NC(=O)[C@@H](NC(=O)[C@@H](NC(=O)[C@H]2CCCN2C(=O)CCCC(C)C)[C@@H](C)O)C(C)C)C(C)C)[C@H](C)CC)[C@H](C)OC(=O)[C@H](C(C)C)NC1=O. The molecule has 3 aliphatic heterocycles. The fraction of sp³-hybridized carbons (Fsp3) is 0.707. The second-order valence-electron chi connectivity index (χ2n) is 30.1. The molecule has 14 N–H and O–H groups in total. The topological polar surface area (TPSA) is 433 Å². The van der Waals surface area contributed by atoms with Gasteiger partial charge in [-0.1, -0.05) is 153 Å². The first-order valence-electron chi connectivity index (χ1n) is 37.7. The van der Waals surface area contributed by atoms with Crippen molar-refractivity contribution in [3.63, 3.8) is 0 Å². The summed E-state index contributed by atoms with van der Waals surface area (Å²) in [5.41, 5.74) is 6.34. The molecule has 1 aromatic carbocycles. The van der Waals surface area contributed by atoms with Crippen molar-refractivity contribution in [2.75, 3.05) is 19.6 Å². The number of carbonyl (C=O) groups excluding carboxylic acids is 14. The number of amides is 13. The van der Waals surface area contributed by atoms with Crippen molar-refractivity contribution in [2.45, 2.75) is 279 Å². The smallest absolute Gasteiger partial charge is 0.329 e. The van der Waals surface area contributed by atoms with Gasteiger partial charge >= 0.3 is 5.97 Å². The standard InChI is InChI=1S/C75H122N14O16/c1-18-44(14)59(71(100)87-62-47(17)105-75(104)58(43(12)13)83-63(92)49(20-3)77-65(94)51(38-48-29-22-21-23-30-48)79-68(97)55(40(6)7)80-70(99)60(45(15)19-2)85-73(62)102)84-64(93)50(31-25-35-76)78-66(95)53-33-27-37-89(53)74(103)57(42(10)11)82-69(98)56(41(8)9)81-72(101)61(46(16)90)86-67(96)52-32-26-36-88(52)54(91)34-24-28-39(4)5/h20-23,29-30,39-47,50-53,55-62,90H,18-19,24-28,31-38,76H2,1-17H3,(H,77,94)(H,78,95)(H,79,97)(H,80,99)(H,81,101)(H,82,98)(H,83,92)(H,84,93)(H,85,102)(H,86,96)(H,87,100)/b49-20-/t44-,45-,46-,47+,50+,51+,52-,53-,55-,56+,57-,58+,59-,60-,61+,62-/m1/s1. The van der Waals surface area contributed by atoms with Gasteiger partial charge < -0.3 is 83.9 Å². The lowest BCUT2D eigenvalue weighted by molar-refractivity contribution is -0.157. The summed E-state index contributed by atoms with van der Waals surface area (Å²) in [7, 11) is 0. The van der Waals surface area contributed by atoms with E-state index in [1.165, 1.54) is 36.6 Å². The maximum Gasteiger partial charge on any atom is 0.329 e. The van der Waals surface area contributed by atoms with E-state index in [-0.39, 0.29) is 63.2 Å². The van der Waals surface area contributed by atoms with E-state index in [1.54, 1.807) is 113 Å². The summed E-state index contributed by atoms with van der Waals surface area (Å²) in [5.74, 6) is -14.3. The molecule has 0 aliphatic carbocycles. The Hall–Kier alpha value is -8.54. The number of cyclic esters (lactones) is 1. The van der Waals surface area contributed by atoms with E-state index in [9.17, 15) is 62.6 Å². The van der Waals surface area contributed by atoms with Gasteiger partial charge in [0, 0.05) is 25.9 Å². The maximum atomic E-state index is 15.0. The molecule has 30 heteroatoms.